The van der Waals surface area contributed by atoms with Crippen molar-refractivity contribution in [3.05, 3.63) is 29.8 Å². The van der Waals surface area contributed by atoms with Gasteiger partial charge in [0, 0.05) is 13.0 Å². The second-order valence-electron chi connectivity index (χ2n) is 6.35. The minimum atomic E-state index is -4.38. The van der Waals surface area contributed by atoms with Crippen molar-refractivity contribution in [2.75, 3.05) is 26.9 Å². The molecular weight excluding hydrogens is 379 g/mol. The van der Waals surface area contributed by atoms with Crippen molar-refractivity contribution >= 4 is 5.97 Å². The predicted octanol–water partition coefficient (Wildman–Crippen LogP) is 2.78. The van der Waals surface area contributed by atoms with E-state index in [0.717, 1.165) is 18.6 Å². The minimum Gasteiger partial charge on any atom is -0.488 e. The minimum absolute atomic E-state index is 0.134. The van der Waals surface area contributed by atoms with Gasteiger partial charge in [0.15, 0.2) is 0 Å². The van der Waals surface area contributed by atoms with Crippen LogP contribution in [-0.4, -0.2) is 56.2 Å². The van der Waals surface area contributed by atoms with Gasteiger partial charge >= 0.3 is 12.1 Å². The molecule has 1 fully saturated rings. The van der Waals surface area contributed by atoms with Gasteiger partial charge in [0.2, 0.25) is 0 Å². The van der Waals surface area contributed by atoms with Crippen LogP contribution in [0.1, 0.15) is 32.3 Å². The summed E-state index contributed by atoms with van der Waals surface area (Å²) in [6.45, 7) is 4.33. The van der Waals surface area contributed by atoms with Gasteiger partial charge in [-0.25, -0.2) is 0 Å². The zero-order valence-electron chi connectivity index (χ0n) is 16.3. The number of aliphatic hydroxyl groups is 1. The van der Waals surface area contributed by atoms with Crippen molar-refractivity contribution in [2.45, 2.75) is 51.1 Å². The Morgan fingerprint density at radius 3 is 2.36 bits per heavy atom. The summed E-state index contributed by atoms with van der Waals surface area (Å²) >= 11 is 0. The molecule has 2 rings (SSSR count). The summed E-state index contributed by atoms with van der Waals surface area (Å²) in [5.41, 5.74) is -0.736. The third-order valence-corrected chi connectivity index (χ3v) is 3.84. The lowest BCUT2D eigenvalue weighted by Crippen LogP contribution is -2.40. The maximum atomic E-state index is 12.6. The van der Waals surface area contributed by atoms with Gasteiger partial charge in [0.05, 0.1) is 18.8 Å². The molecule has 1 aliphatic rings. The normalized spacial score (nSPS) is 23.4. The van der Waals surface area contributed by atoms with E-state index in [-0.39, 0.29) is 13.2 Å². The number of hydrogen-bond donors (Lipinski definition) is 2. The molecule has 160 valence electrons. The van der Waals surface area contributed by atoms with Crippen molar-refractivity contribution in [1.29, 1.82) is 0 Å². The summed E-state index contributed by atoms with van der Waals surface area (Å²) in [4.78, 5) is 11.8. The topological polar surface area (TPSA) is 77.0 Å². The molecule has 1 heterocycles. The molecule has 2 N–H and O–H groups in total. The lowest BCUT2D eigenvalue weighted by molar-refractivity contribution is -0.151. The quantitative estimate of drug-likeness (QED) is 0.748. The molecule has 0 bridgehead atoms. The van der Waals surface area contributed by atoms with Gasteiger partial charge in [0.25, 0.3) is 0 Å². The molecule has 0 spiro atoms. The number of cyclic esters (lactones) is 1. The van der Waals surface area contributed by atoms with E-state index in [1.165, 1.54) is 12.1 Å². The second kappa shape index (κ2) is 11.9. The number of likely N-dealkylation sites (N-methyl/N-ethyl adjacent to an activating group) is 1. The van der Waals surface area contributed by atoms with Crippen LogP contribution in [0.15, 0.2) is 24.3 Å². The van der Waals surface area contributed by atoms with Crippen LogP contribution < -0.4 is 10.1 Å². The first-order valence-electron chi connectivity index (χ1n) is 9.11. The molecule has 28 heavy (non-hydrogen) atoms. The van der Waals surface area contributed by atoms with Crippen LogP contribution in [0.5, 0.6) is 5.75 Å². The molecule has 6 nitrogen and oxygen atoms in total. The highest BCUT2D eigenvalue weighted by Gasteiger charge is 2.30. The third kappa shape index (κ3) is 8.45. The first kappa shape index (κ1) is 24.2. The number of rotatable bonds is 4. The zero-order chi connectivity index (χ0) is 21.2. The molecule has 2 unspecified atom stereocenters. The SMILES string of the molecule is CCCO.CN[C@H]1COCC(Oc2ccc(C(F)(F)F)cc2)CC(C)OC1=O. The molecule has 1 aromatic carbocycles. The van der Waals surface area contributed by atoms with E-state index in [1.807, 2.05) is 6.92 Å². The van der Waals surface area contributed by atoms with E-state index in [1.54, 1.807) is 14.0 Å². The maximum Gasteiger partial charge on any atom is 0.416 e. The van der Waals surface area contributed by atoms with Crippen LogP contribution in [-0.2, 0) is 20.4 Å². The number of nitrogens with one attached hydrogen (secondary N) is 1. The summed E-state index contributed by atoms with van der Waals surface area (Å²) < 4.78 is 54.1. The molecule has 1 aliphatic heterocycles. The fraction of sp³-hybridized carbons (Fsp3) is 0.632. The van der Waals surface area contributed by atoms with Gasteiger partial charge < -0.3 is 24.6 Å². The Kier molecular flexibility index (Phi) is 10.3. The van der Waals surface area contributed by atoms with E-state index >= 15 is 0 Å². The summed E-state index contributed by atoms with van der Waals surface area (Å²) in [5, 5.41) is 10.7. The van der Waals surface area contributed by atoms with Gasteiger partial charge in [-0.1, -0.05) is 6.92 Å². The van der Waals surface area contributed by atoms with Crippen LogP contribution in [0.4, 0.5) is 13.2 Å². The van der Waals surface area contributed by atoms with Crippen molar-refractivity contribution in [3.8, 4) is 5.75 Å². The highest BCUT2D eigenvalue weighted by Crippen LogP contribution is 2.30. The maximum absolute atomic E-state index is 12.6. The molecular formula is C19H28F3NO5. The molecule has 0 aromatic heterocycles. The van der Waals surface area contributed by atoms with Gasteiger partial charge in [-0.3, -0.25) is 4.79 Å². The van der Waals surface area contributed by atoms with Crippen LogP contribution in [0.3, 0.4) is 0 Å². The molecule has 0 amide bonds. The van der Waals surface area contributed by atoms with Crippen LogP contribution in [0.25, 0.3) is 0 Å². The number of alkyl halides is 3. The summed E-state index contributed by atoms with van der Waals surface area (Å²) in [6.07, 6.45) is -3.96. The average Bonchev–Trinajstić information content (AvgIpc) is 2.70. The van der Waals surface area contributed by atoms with Crippen molar-refractivity contribution < 1.29 is 37.3 Å². The molecule has 1 aromatic rings. The lowest BCUT2D eigenvalue weighted by Gasteiger charge is -2.21. The van der Waals surface area contributed by atoms with E-state index in [4.69, 9.17) is 19.3 Å². The Morgan fingerprint density at radius 2 is 1.86 bits per heavy atom. The van der Waals surface area contributed by atoms with Crippen molar-refractivity contribution in [3.63, 3.8) is 0 Å². The Hall–Kier alpha value is -1.84. The number of ether oxygens (including phenoxy) is 3. The number of esters is 1. The standard InChI is InChI=1S/C16H20F3NO4.C3H8O/c1-10-7-13(8-22-9-14(20-2)15(21)23-10)24-12-5-3-11(4-6-12)16(17,18)19;1-2-3-4/h3-6,10,13-14,20H,7-9H2,1-2H3;4H,2-3H2,1H3/t10?,13?,14-;/m0./s1. The van der Waals surface area contributed by atoms with Gasteiger partial charge in [0.1, 0.15) is 24.0 Å². The number of hydrogen-bond acceptors (Lipinski definition) is 6. The monoisotopic (exact) mass is 407 g/mol. The average molecular weight is 407 g/mol. The van der Waals surface area contributed by atoms with Gasteiger partial charge in [-0.2, -0.15) is 13.2 Å². The van der Waals surface area contributed by atoms with Crippen molar-refractivity contribution in [2.24, 2.45) is 0 Å². The largest absolute Gasteiger partial charge is 0.488 e. The van der Waals surface area contributed by atoms with Crippen LogP contribution in [0, 0.1) is 0 Å². The summed E-state index contributed by atoms with van der Waals surface area (Å²) in [5.74, 6) is -0.0975. The molecule has 0 aliphatic carbocycles. The number of carbonyl (C=O) groups excluding carboxylic acids is 1. The number of halogens is 3. The van der Waals surface area contributed by atoms with E-state index in [0.29, 0.717) is 18.8 Å². The number of benzene rings is 1. The fourth-order valence-electron chi connectivity index (χ4n) is 2.35. The highest BCUT2D eigenvalue weighted by molar-refractivity contribution is 5.76. The molecule has 0 radical (unpaired) electrons. The van der Waals surface area contributed by atoms with Crippen molar-refractivity contribution in [1.82, 2.24) is 5.32 Å². The number of aliphatic hydroxyl groups excluding tert-OH is 1. The Bertz CT molecular complexity index is 578. The van der Waals surface area contributed by atoms with E-state index in [2.05, 4.69) is 5.32 Å². The third-order valence-electron chi connectivity index (χ3n) is 3.84. The van der Waals surface area contributed by atoms with Gasteiger partial charge in [-0.05, 0) is 44.7 Å². The molecule has 1 saturated heterocycles. The molecule has 0 saturated carbocycles. The smallest absolute Gasteiger partial charge is 0.416 e. The number of carbonyl (C=O) groups is 1. The Morgan fingerprint density at radius 1 is 1.25 bits per heavy atom. The first-order chi connectivity index (χ1) is 13.2. The van der Waals surface area contributed by atoms with Gasteiger partial charge in [-0.15, -0.1) is 0 Å². The van der Waals surface area contributed by atoms with E-state index < -0.39 is 36.0 Å². The highest BCUT2D eigenvalue weighted by atomic mass is 19.4. The Balaban J connectivity index is 0.000000892. The lowest BCUT2D eigenvalue weighted by atomic mass is 10.1. The second-order valence-corrected chi connectivity index (χ2v) is 6.35. The molecule has 3 atom stereocenters. The predicted molar refractivity (Wildman–Crippen MR) is 97.1 cm³/mol. The van der Waals surface area contributed by atoms with Crippen LogP contribution >= 0.6 is 0 Å². The summed E-state index contributed by atoms with van der Waals surface area (Å²) in [7, 11) is 1.63. The molecule has 9 heteroatoms. The fourth-order valence-corrected chi connectivity index (χ4v) is 2.35. The Labute approximate surface area is 163 Å². The summed E-state index contributed by atoms with van der Waals surface area (Å²) in [6, 6.07) is 3.90. The first-order valence-corrected chi connectivity index (χ1v) is 9.11. The zero-order valence-corrected chi connectivity index (χ0v) is 16.3. The van der Waals surface area contributed by atoms with Crippen LogP contribution in [0.2, 0.25) is 0 Å². The van der Waals surface area contributed by atoms with E-state index in [9.17, 15) is 18.0 Å².